The minimum Gasteiger partial charge on any atom is -0.494 e. The van der Waals surface area contributed by atoms with Gasteiger partial charge >= 0.3 is 0 Å². The maximum atomic E-state index is 14.8. The van der Waals surface area contributed by atoms with Crippen LogP contribution in [-0.2, 0) is 19.1 Å². The van der Waals surface area contributed by atoms with Crippen molar-refractivity contribution in [2.24, 2.45) is 17.3 Å². The summed E-state index contributed by atoms with van der Waals surface area (Å²) in [6.07, 6.45) is 5.65. The minimum atomic E-state index is -1.18. The number of nitrogens with zero attached hydrogens (tertiary/aromatic N) is 3. The number of aliphatic hydroxyl groups excluding tert-OH is 1. The van der Waals surface area contributed by atoms with Crippen LogP contribution >= 0.6 is 0 Å². The molecule has 3 aliphatic rings. The third-order valence-electron chi connectivity index (χ3n) is 9.83. The molecule has 9 heteroatoms. The zero-order chi connectivity index (χ0) is 33.4. The summed E-state index contributed by atoms with van der Waals surface area (Å²) in [6, 6.07) is 6.34. The molecule has 4 rings (SSSR count). The molecule has 0 radical (unpaired) electrons. The maximum absolute atomic E-state index is 14.8. The van der Waals surface area contributed by atoms with Gasteiger partial charge < -0.3 is 29.3 Å². The lowest BCUT2D eigenvalue weighted by atomic mass is 9.64. The number of rotatable bonds is 14. The van der Waals surface area contributed by atoms with Crippen LogP contribution in [-0.4, -0.2) is 88.3 Å². The molecule has 0 aromatic heterocycles. The van der Waals surface area contributed by atoms with Gasteiger partial charge in [-0.25, -0.2) is 0 Å². The lowest BCUT2D eigenvalue weighted by Crippen LogP contribution is -2.61. The molecule has 3 heterocycles. The highest BCUT2D eigenvalue weighted by Gasteiger charge is 2.79. The van der Waals surface area contributed by atoms with Crippen molar-refractivity contribution in [3.63, 3.8) is 0 Å². The van der Waals surface area contributed by atoms with Gasteiger partial charge in [-0.2, -0.15) is 0 Å². The minimum absolute atomic E-state index is 0.0201. The first-order chi connectivity index (χ1) is 21.2. The van der Waals surface area contributed by atoms with E-state index in [9.17, 15) is 19.5 Å². The largest absolute Gasteiger partial charge is 0.494 e. The van der Waals surface area contributed by atoms with E-state index in [1.54, 1.807) is 22.0 Å². The van der Waals surface area contributed by atoms with Crippen molar-refractivity contribution in [1.82, 2.24) is 9.80 Å². The molecule has 2 bridgehead atoms. The highest BCUT2D eigenvalue weighted by atomic mass is 16.5. The molecule has 1 aromatic rings. The summed E-state index contributed by atoms with van der Waals surface area (Å²) in [4.78, 5) is 49.0. The Balaban J connectivity index is 1.80. The van der Waals surface area contributed by atoms with Crippen LogP contribution in [0.4, 0.5) is 5.69 Å². The van der Waals surface area contributed by atoms with E-state index in [0.29, 0.717) is 43.9 Å². The first-order valence-electron chi connectivity index (χ1n) is 16.4. The molecule has 0 saturated carbocycles. The van der Waals surface area contributed by atoms with Gasteiger partial charge in [0, 0.05) is 30.9 Å². The second-order valence-electron chi connectivity index (χ2n) is 14.5. The van der Waals surface area contributed by atoms with E-state index in [1.807, 2.05) is 52.0 Å². The van der Waals surface area contributed by atoms with Gasteiger partial charge in [0.05, 0.1) is 30.7 Å². The van der Waals surface area contributed by atoms with Gasteiger partial charge in [0.2, 0.25) is 17.7 Å². The summed E-state index contributed by atoms with van der Waals surface area (Å²) in [5, 5.41) is 10.1. The highest BCUT2D eigenvalue weighted by Crippen LogP contribution is 2.65. The lowest BCUT2D eigenvalue weighted by molar-refractivity contribution is -0.157. The molecule has 3 aliphatic heterocycles. The van der Waals surface area contributed by atoms with E-state index < -0.39 is 34.6 Å². The predicted octanol–water partition coefficient (Wildman–Crippen LogP) is 4.98. The number of benzene rings is 1. The number of hydrogen-bond acceptors (Lipinski definition) is 6. The number of ether oxygens (including phenoxy) is 2. The summed E-state index contributed by atoms with van der Waals surface area (Å²) in [6.45, 7) is 23.0. The van der Waals surface area contributed by atoms with Crippen LogP contribution in [0.15, 0.2) is 49.6 Å². The van der Waals surface area contributed by atoms with Crippen LogP contribution in [0.5, 0.6) is 5.75 Å². The number of hydrogen-bond donors (Lipinski definition) is 1. The van der Waals surface area contributed by atoms with Crippen molar-refractivity contribution in [1.29, 1.82) is 0 Å². The fourth-order valence-corrected chi connectivity index (χ4v) is 8.53. The van der Waals surface area contributed by atoms with Gasteiger partial charge in [0.25, 0.3) is 0 Å². The summed E-state index contributed by atoms with van der Waals surface area (Å²) >= 11 is 0. The van der Waals surface area contributed by atoms with Gasteiger partial charge in [-0.3, -0.25) is 14.4 Å². The molecule has 3 saturated heterocycles. The van der Waals surface area contributed by atoms with Crippen LogP contribution in [0.3, 0.4) is 0 Å². The van der Waals surface area contributed by atoms with Crippen LogP contribution in [0.1, 0.15) is 74.1 Å². The highest BCUT2D eigenvalue weighted by molar-refractivity contribution is 6.03. The molecular weight excluding hydrogens is 570 g/mol. The number of carbonyl (C=O) groups excluding carboxylic acids is 3. The number of anilines is 1. The Labute approximate surface area is 269 Å². The molecule has 1 spiro atoms. The summed E-state index contributed by atoms with van der Waals surface area (Å²) in [7, 11) is 0. The van der Waals surface area contributed by atoms with E-state index in [2.05, 4.69) is 33.9 Å². The van der Waals surface area contributed by atoms with E-state index in [1.165, 1.54) is 4.90 Å². The van der Waals surface area contributed by atoms with Gasteiger partial charge in [-0.05, 0) is 76.1 Å². The summed E-state index contributed by atoms with van der Waals surface area (Å²) < 4.78 is 12.6. The van der Waals surface area contributed by atoms with Crippen LogP contribution in [0.25, 0.3) is 0 Å². The molecule has 3 amide bonds. The molecule has 2 unspecified atom stereocenters. The standard InChI is InChI=1S/C36H53N3O6/c1-10-20-37(25-14-16-26(17-15-25)44-13-4)30(41)27-28-31(42)38(22-23-40)29(36(28)19-18-35(27,12-3)45-36)32(43)39(21-11-2)34(8,9)24-33(5,6)7/h10-11,14-17,27-29,40H,1-2,12-13,18-24H2,3-9H3/t27-,28-,29?,35+,36?/m0/s1. The molecule has 0 aliphatic carbocycles. The Kier molecular flexibility index (Phi) is 9.96. The van der Waals surface area contributed by atoms with Gasteiger partial charge in [0.1, 0.15) is 17.4 Å². The Hall–Kier alpha value is -3.17. The average molecular weight is 624 g/mol. The van der Waals surface area contributed by atoms with E-state index >= 15 is 0 Å². The lowest BCUT2D eigenvalue weighted by Gasteiger charge is -2.45. The monoisotopic (exact) mass is 623 g/mol. The molecule has 45 heavy (non-hydrogen) atoms. The van der Waals surface area contributed by atoms with Crippen molar-refractivity contribution in [2.45, 2.75) is 96.9 Å². The summed E-state index contributed by atoms with van der Waals surface area (Å²) in [5.74, 6) is -1.73. The molecule has 3 fully saturated rings. The van der Waals surface area contributed by atoms with Crippen molar-refractivity contribution in [2.75, 3.05) is 37.7 Å². The van der Waals surface area contributed by atoms with Crippen molar-refractivity contribution in [3.05, 3.63) is 49.6 Å². The molecular formula is C36H53N3O6. The summed E-state index contributed by atoms with van der Waals surface area (Å²) in [5.41, 5.74) is -2.04. The van der Waals surface area contributed by atoms with E-state index in [0.717, 1.165) is 6.42 Å². The van der Waals surface area contributed by atoms with Crippen molar-refractivity contribution >= 4 is 23.4 Å². The number of aliphatic hydroxyl groups is 1. The molecule has 5 atom stereocenters. The topological polar surface area (TPSA) is 99.6 Å². The number of fused-ring (bicyclic) bond motifs is 1. The van der Waals surface area contributed by atoms with E-state index in [-0.39, 0.29) is 42.8 Å². The quantitative estimate of drug-likeness (QED) is 0.294. The predicted molar refractivity (Wildman–Crippen MR) is 176 cm³/mol. The van der Waals surface area contributed by atoms with Gasteiger partial charge in [0.15, 0.2) is 0 Å². The molecule has 1 aromatic carbocycles. The molecule has 9 nitrogen and oxygen atoms in total. The Morgan fingerprint density at radius 3 is 2.24 bits per heavy atom. The zero-order valence-corrected chi connectivity index (χ0v) is 28.3. The normalized spacial score (nSPS) is 27.3. The van der Waals surface area contributed by atoms with Crippen molar-refractivity contribution < 1.29 is 29.0 Å². The smallest absolute Gasteiger partial charge is 0.249 e. The fourth-order valence-electron chi connectivity index (χ4n) is 8.53. The Morgan fingerprint density at radius 1 is 1.07 bits per heavy atom. The average Bonchev–Trinajstić information content (AvgIpc) is 3.57. The van der Waals surface area contributed by atoms with Crippen LogP contribution in [0, 0.1) is 17.3 Å². The number of likely N-dealkylation sites (tertiary alicyclic amines) is 1. The molecule has 248 valence electrons. The third kappa shape index (κ3) is 6.06. The van der Waals surface area contributed by atoms with E-state index in [4.69, 9.17) is 9.47 Å². The maximum Gasteiger partial charge on any atom is 0.249 e. The first-order valence-corrected chi connectivity index (χ1v) is 16.4. The van der Waals surface area contributed by atoms with Gasteiger partial charge in [-0.1, -0.05) is 39.8 Å². The first kappa shape index (κ1) is 34.7. The SMILES string of the molecule is C=CCN(C(=O)[C@@H]1[C@H]2C(=O)N(CCO)C(C(=O)N(CC=C)C(C)(C)CC(C)(C)C)C23CC[C@@]1(CC)O3)c1ccc(OCC)cc1. The van der Waals surface area contributed by atoms with Crippen LogP contribution in [0.2, 0.25) is 0 Å². The number of β-amino-alcohol motifs (C(OH)–C–C–N with tert-alkyl or cyclic N) is 1. The van der Waals surface area contributed by atoms with Gasteiger partial charge in [-0.15, -0.1) is 13.2 Å². The zero-order valence-electron chi connectivity index (χ0n) is 28.3. The third-order valence-corrected chi connectivity index (χ3v) is 9.83. The number of amides is 3. The molecule has 1 N–H and O–H groups in total. The Bertz CT molecular complexity index is 1290. The Morgan fingerprint density at radius 2 is 1.71 bits per heavy atom. The van der Waals surface area contributed by atoms with Crippen molar-refractivity contribution in [3.8, 4) is 5.75 Å². The van der Waals surface area contributed by atoms with Crippen LogP contribution < -0.4 is 9.64 Å². The second kappa shape index (κ2) is 12.9. The number of carbonyl (C=O) groups is 3. The second-order valence-corrected chi connectivity index (χ2v) is 14.5. The fraction of sp³-hybridized carbons (Fsp3) is 0.639.